The van der Waals surface area contributed by atoms with Gasteiger partial charge in [0.2, 0.25) is 12.3 Å². The van der Waals surface area contributed by atoms with Gasteiger partial charge in [-0.1, -0.05) is 80.9 Å². The Morgan fingerprint density at radius 3 is 2.11 bits per heavy atom. The van der Waals surface area contributed by atoms with E-state index >= 15 is 0 Å². The normalized spacial score (nSPS) is 20.3. The Morgan fingerprint density at radius 2 is 1.54 bits per heavy atom. The molecular formula is C44H52N8O4. The Bertz CT molecular complexity index is 2110. The second-order valence-corrected chi connectivity index (χ2v) is 15.6. The number of nitrogens with one attached hydrogen (secondary N) is 4. The van der Waals surface area contributed by atoms with Crippen molar-refractivity contribution in [1.29, 1.82) is 0 Å². The molecule has 5 aromatic rings. The van der Waals surface area contributed by atoms with Gasteiger partial charge in [0.15, 0.2) is 0 Å². The molecule has 3 aromatic carbocycles. The summed E-state index contributed by atoms with van der Waals surface area (Å²) < 4.78 is 4.75. The Kier molecular flexibility index (Phi) is 11.8. The third-order valence-electron chi connectivity index (χ3n) is 11.6. The fourth-order valence-corrected chi connectivity index (χ4v) is 8.64. The minimum atomic E-state index is -0.655. The number of hydrogen-bond donors (Lipinski definition) is 5. The van der Waals surface area contributed by atoms with Crippen LogP contribution in [-0.4, -0.2) is 62.9 Å². The van der Waals surface area contributed by atoms with E-state index in [0.29, 0.717) is 25.4 Å². The van der Waals surface area contributed by atoms with Gasteiger partial charge in [0.25, 0.3) is 0 Å². The van der Waals surface area contributed by atoms with Crippen LogP contribution >= 0.6 is 0 Å². The molecule has 12 heteroatoms. The molecule has 292 valence electrons. The van der Waals surface area contributed by atoms with Gasteiger partial charge in [0, 0.05) is 24.7 Å². The zero-order valence-corrected chi connectivity index (χ0v) is 32.3. The summed E-state index contributed by atoms with van der Waals surface area (Å²) in [5, 5.41) is 5.26. The fraction of sp³-hybridized carbons (Fsp3) is 0.386. The molecular weight excluding hydrogens is 705 g/mol. The summed E-state index contributed by atoms with van der Waals surface area (Å²) in [5.41, 5.74) is 13.7. The average Bonchev–Trinajstić information content (AvgIpc) is 4.08. The number of rotatable bonds is 11. The van der Waals surface area contributed by atoms with Gasteiger partial charge >= 0.3 is 6.09 Å². The number of carbonyl (C=O) groups excluding carboxylic acids is 3. The van der Waals surface area contributed by atoms with Gasteiger partial charge < -0.3 is 36.0 Å². The summed E-state index contributed by atoms with van der Waals surface area (Å²) in [4.78, 5) is 53.6. The molecule has 2 bridgehead atoms. The van der Waals surface area contributed by atoms with Crippen molar-refractivity contribution in [1.82, 2.24) is 35.5 Å². The summed E-state index contributed by atoms with van der Waals surface area (Å²) in [6, 6.07) is 23.7. The molecule has 2 saturated carbocycles. The van der Waals surface area contributed by atoms with E-state index < -0.39 is 12.1 Å². The van der Waals surface area contributed by atoms with Gasteiger partial charge in [-0.2, -0.15) is 0 Å². The van der Waals surface area contributed by atoms with E-state index in [2.05, 4.69) is 74.1 Å². The summed E-state index contributed by atoms with van der Waals surface area (Å²) in [5.74, 6) is 4.07. The van der Waals surface area contributed by atoms with Gasteiger partial charge in [-0.15, -0.1) is 0 Å². The Labute approximate surface area is 328 Å². The largest absolute Gasteiger partial charge is 0.453 e. The number of fused-ring (bicyclic) bond motifs is 2. The maximum absolute atomic E-state index is 13.5. The predicted octanol–water partition coefficient (Wildman–Crippen LogP) is 7.60. The molecule has 2 aliphatic carbocycles. The van der Waals surface area contributed by atoms with Crippen LogP contribution in [0.5, 0.6) is 0 Å². The average molecular weight is 757 g/mol. The molecule has 56 heavy (non-hydrogen) atoms. The summed E-state index contributed by atoms with van der Waals surface area (Å²) in [6.45, 7) is 5.00. The van der Waals surface area contributed by atoms with E-state index in [1.165, 1.54) is 38.6 Å². The number of H-pyrrole nitrogens is 2. The van der Waals surface area contributed by atoms with Crippen LogP contribution in [0.15, 0.2) is 85.2 Å². The number of methoxy groups -OCH3 is 1. The number of nitrogens with zero attached hydrogens (tertiary/aromatic N) is 3. The van der Waals surface area contributed by atoms with Gasteiger partial charge in [-0.05, 0) is 89.8 Å². The molecule has 3 aliphatic rings. The second kappa shape index (κ2) is 17.3. The van der Waals surface area contributed by atoms with Crippen LogP contribution in [0.2, 0.25) is 0 Å². The number of carbonyl (C=O) groups is 3. The quantitative estimate of drug-likeness (QED) is 0.0683. The van der Waals surface area contributed by atoms with E-state index in [1.54, 1.807) is 0 Å². The van der Waals surface area contributed by atoms with Gasteiger partial charge in [0.05, 0.1) is 36.9 Å². The first kappa shape index (κ1) is 38.4. The van der Waals surface area contributed by atoms with Crippen molar-refractivity contribution in [3.63, 3.8) is 0 Å². The fourth-order valence-electron chi connectivity index (χ4n) is 8.64. The number of aromatic nitrogens is 4. The predicted molar refractivity (Wildman–Crippen MR) is 217 cm³/mol. The van der Waals surface area contributed by atoms with E-state index in [0.717, 1.165) is 75.4 Å². The number of nitrogen functional groups attached to an aromatic ring is 1. The van der Waals surface area contributed by atoms with E-state index in [9.17, 15) is 14.4 Å². The highest BCUT2D eigenvalue weighted by Crippen LogP contribution is 2.52. The first-order valence-electron chi connectivity index (χ1n) is 19.7. The van der Waals surface area contributed by atoms with Gasteiger partial charge in [0.1, 0.15) is 17.7 Å². The lowest BCUT2D eigenvalue weighted by atomic mass is 9.88. The zero-order valence-electron chi connectivity index (χ0n) is 32.3. The third kappa shape index (κ3) is 8.64. The SMILES string of the molecule is COC(=O)NC(C(=O)N1CCCC1c1ncc(-c2ccc(-c3ccc(-c4cnc(C5CC6CCC5C6)[nH]4)cc3)cc2)[nH]1)C(C)C.Nc1cccc(CNC=O)c1. The number of amides is 3. The first-order valence-corrected chi connectivity index (χ1v) is 19.7. The van der Waals surface area contributed by atoms with E-state index in [4.69, 9.17) is 15.5 Å². The van der Waals surface area contributed by atoms with Crippen LogP contribution in [0.4, 0.5) is 10.5 Å². The van der Waals surface area contributed by atoms with Crippen molar-refractivity contribution in [2.45, 2.75) is 76.9 Å². The number of ether oxygens (including phenoxy) is 1. The molecule has 3 fully saturated rings. The number of anilines is 1. The number of benzene rings is 3. The molecule has 8 rings (SSSR count). The summed E-state index contributed by atoms with van der Waals surface area (Å²) >= 11 is 0. The number of likely N-dealkylation sites (tertiary alicyclic amines) is 1. The lowest BCUT2D eigenvalue weighted by Gasteiger charge is -2.30. The molecule has 6 N–H and O–H groups in total. The maximum atomic E-state index is 13.5. The van der Waals surface area contributed by atoms with Crippen LogP contribution in [0.1, 0.15) is 81.5 Å². The molecule has 5 atom stereocenters. The third-order valence-corrected chi connectivity index (χ3v) is 11.6. The smallest absolute Gasteiger partial charge is 0.407 e. The monoisotopic (exact) mass is 756 g/mol. The summed E-state index contributed by atoms with van der Waals surface area (Å²) in [6.07, 6.45) is 11.0. The van der Waals surface area contributed by atoms with Crippen molar-refractivity contribution in [3.8, 4) is 33.6 Å². The molecule has 1 aliphatic heterocycles. The molecule has 1 saturated heterocycles. The van der Waals surface area contributed by atoms with Crippen molar-refractivity contribution in [3.05, 3.63) is 102 Å². The zero-order chi connectivity index (χ0) is 39.2. The van der Waals surface area contributed by atoms with Gasteiger partial charge in [-0.25, -0.2) is 14.8 Å². The van der Waals surface area contributed by atoms with E-state index in [-0.39, 0.29) is 17.9 Å². The highest BCUT2D eigenvalue weighted by molar-refractivity contribution is 5.86. The topological polar surface area (TPSA) is 171 Å². The van der Waals surface area contributed by atoms with Crippen molar-refractivity contribution < 1.29 is 19.1 Å². The van der Waals surface area contributed by atoms with Crippen LogP contribution in [-0.2, 0) is 20.9 Å². The number of nitrogens with two attached hydrogens (primary N) is 1. The van der Waals surface area contributed by atoms with Gasteiger partial charge in [-0.3, -0.25) is 9.59 Å². The van der Waals surface area contributed by atoms with Crippen molar-refractivity contribution in [2.24, 2.45) is 17.8 Å². The number of hydrogen-bond acceptors (Lipinski definition) is 7. The molecule has 3 heterocycles. The first-order chi connectivity index (χ1) is 27.2. The van der Waals surface area contributed by atoms with Crippen LogP contribution < -0.4 is 16.4 Å². The van der Waals surface area contributed by atoms with Crippen molar-refractivity contribution in [2.75, 3.05) is 19.4 Å². The lowest BCUT2D eigenvalue weighted by Crippen LogP contribution is -2.51. The van der Waals surface area contributed by atoms with Crippen molar-refractivity contribution >= 4 is 24.1 Å². The summed E-state index contributed by atoms with van der Waals surface area (Å²) in [7, 11) is 1.30. The van der Waals surface area contributed by atoms with E-state index in [1.807, 2.05) is 55.4 Å². The highest BCUT2D eigenvalue weighted by Gasteiger charge is 2.41. The molecule has 5 unspecified atom stereocenters. The molecule has 2 aromatic heterocycles. The minimum absolute atomic E-state index is 0.0743. The highest BCUT2D eigenvalue weighted by atomic mass is 16.5. The number of alkyl carbamates (subject to hydrolysis) is 1. The maximum Gasteiger partial charge on any atom is 0.407 e. The Morgan fingerprint density at radius 1 is 0.893 bits per heavy atom. The van der Waals surface area contributed by atoms with Crippen LogP contribution in [0.3, 0.4) is 0 Å². The number of aromatic amines is 2. The molecule has 0 spiro atoms. The number of imidazole rings is 2. The van der Waals surface area contributed by atoms with Crippen LogP contribution in [0, 0.1) is 17.8 Å². The Balaban J connectivity index is 0.000000378. The molecule has 12 nitrogen and oxygen atoms in total. The lowest BCUT2D eigenvalue weighted by molar-refractivity contribution is -0.135. The van der Waals surface area contributed by atoms with Crippen LogP contribution in [0.25, 0.3) is 33.6 Å². The standard InChI is InChI=1S/C36H42N6O3.C8H10N2O/c1-21(2)32(41-36(44)45-3)35(43)42-16-4-5-31(42)34-38-20-30(40-34)26-14-10-24(11-15-26)23-8-12-25(13-9-23)29-19-37-33(39-29)28-18-22-6-7-27(28)17-22;9-8-3-1-2-7(4-8)5-10-6-11/h8-15,19-22,27-28,31-32H,4-7,16-18H2,1-3H3,(H,37,39)(H,38,40)(H,41,44);1-4,6H,5,9H2,(H,10,11). The Hall–Kier alpha value is -5.91. The molecule has 0 radical (unpaired) electrons. The minimum Gasteiger partial charge on any atom is -0.453 e. The molecule has 3 amide bonds. The second-order valence-electron chi connectivity index (χ2n) is 15.6.